The monoisotopic (exact) mass is 575 g/mol. The number of carbonyl (C=O) groups excluding carboxylic acids is 2. The summed E-state index contributed by atoms with van der Waals surface area (Å²) in [6.07, 6.45) is 6.63. The van der Waals surface area contributed by atoms with Crippen molar-refractivity contribution < 1.29 is 9.59 Å². The topological polar surface area (TPSA) is 85.8 Å². The number of nitrogens with one attached hydrogen (secondary N) is 3. The molecule has 9 heteroatoms. The van der Waals surface area contributed by atoms with Gasteiger partial charge in [-0.2, -0.15) is 0 Å². The Morgan fingerprint density at radius 3 is 2.50 bits per heavy atom. The van der Waals surface area contributed by atoms with Gasteiger partial charge in [0.15, 0.2) is 5.96 Å². The molecule has 0 spiro atoms. The Morgan fingerprint density at radius 1 is 1.09 bits per heavy atom. The molecule has 1 saturated heterocycles. The predicted molar refractivity (Wildman–Crippen MR) is 140 cm³/mol. The van der Waals surface area contributed by atoms with Crippen molar-refractivity contribution in [2.75, 3.05) is 32.7 Å². The Labute approximate surface area is 213 Å². The maximum Gasteiger partial charge on any atom is 0.251 e. The number of rotatable bonds is 7. The molecule has 3 rings (SSSR count). The number of nitrogens with zero attached hydrogens (tertiary/aromatic N) is 2. The number of carbonyl (C=O) groups is 2. The fourth-order valence-corrected chi connectivity index (χ4v) is 4.37. The van der Waals surface area contributed by atoms with Crippen LogP contribution in [-0.2, 0) is 4.79 Å². The van der Waals surface area contributed by atoms with Gasteiger partial charge < -0.3 is 20.9 Å². The molecule has 1 heterocycles. The van der Waals surface area contributed by atoms with Crippen LogP contribution in [0.1, 0.15) is 55.8 Å². The van der Waals surface area contributed by atoms with Gasteiger partial charge in [0.1, 0.15) is 0 Å². The minimum absolute atomic E-state index is 0. The smallest absolute Gasteiger partial charge is 0.251 e. The van der Waals surface area contributed by atoms with E-state index in [1.165, 1.54) is 19.3 Å². The zero-order valence-corrected chi connectivity index (χ0v) is 21.8. The van der Waals surface area contributed by atoms with Crippen molar-refractivity contribution in [2.24, 2.45) is 10.9 Å². The fourth-order valence-electron chi connectivity index (χ4n) is 4.24. The number of guanidine groups is 1. The summed E-state index contributed by atoms with van der Waals surface area (Å²) in [6, 6.07) is 7.01. The molecular weight excluding hydrogens is 541 g/mol. The second kappa shape index (κ2) is 13.9. The number of likely N-dealkylation sites (tertiary alicyclic amines) is 1. The second-order valence-electron chi connectivity index (χ2n) is 8.27. The number of halogens is 2. The lowest BCUT2D eigenvalue weighted by molar-refractivity contribution is -0.135. The highest BCUT2D eigenvalue weighted by Crippen LogP contribution is 2.26. The Bertz CT molecular complexity index is 768. The van der Waals surface area contributed by atoms with Crippen molar-refractivity contribution in [3.63, 3.8) is 0 Å². The standard InChI is InChI=1S/C23H34ClN5O2.HI/c1-2-25-23(27-14-13-26-21(30)17-8-10-19(24)11-9-17)28-20-12-15-29(16-20)22(31)18-6-4-3-5-7-18;/h8-11,18,20H,2-7,12-16H2,1H3,(H,26,30)(H2,25,27,28);1H. The summed E-state index contributed by atoms with van der Waals surface area (Å²) in [5.74, 6) is 1.13. The van der Waals surface area contributed by atoms with E-state index < -0.39 is 0 Å². The lowest BCUT2D eigenvalue weighted by Gasteiger charge is -2.26. The van der Waals surface area contributed by atoms with E-state index in [1.54, 1.807) is 24.3 Å². The molecule has 3 N–H and O–H groups in total. The van der Waals surface area contributed by atoms with Gasteiger partial charge in [-0.3, -0.25) is 14.6 Å². The van der Waals surface area contributed by atoms with E-state index in [0.717, 1.165) is 44.9 Å². The molecule has 0 radical (unpaired) electrons. The Hall–Kier alpha value is -1.55. The minimum atomic E-state index is -0.141. The number of hydrogen-bond donors (Lipinski definition) is 3. The summed E-state index contributed by atoms with van der Waals surface area (Å²) in [6.45, 7) is 5.21. The molecule has 0 aromatic heterocycles. The normalized spacial score (nSPS) is 19.2. The molecular formula is C23H35ClIN5O2. The molecule has 1 aliphatic carbocycles. The van der Waals surface area contributed by atoms with Crippen LogP contribution in [0.5, 0.6) is 0 Å². The first-order valence-corrected chi connectivity index (χ1v) is 11.8. The lowest BCUT2D eigenvalue weighted by Crippen LogP contribution is -2.46. The molecule has 1 aromatic carbocycles. The first-order valence-electron chi connectivity index (χ1n) is 11.4. The van der Waals surface area contributed by atoms with Crippen LogP contribution in [0.3, 0.4) is 0 Å². The first-order chi connectivity index (χ1) is 15.1. The van der Waals surface area contributed by atoms with Crippen LogP contribution in [0.25, 0.3) is 0 Å². The van der Waals surface area contributed by atoms with Crippen LogP contribution < -0.4 is 16.0 Å². The Balaban J connectivity index is 0.00000363. The average Bonchev–Trinajstić information content (AvgIpc) is 3.25. The van der Waals surface area contributed by atoms with Crippen LogP contribution in [0, 0.1) is 5.92 Å². The van der Waals surface area contributed by atoms with Crippen molar-refractivity contribution in [2.45, 2.75) is 51.5 Å². The summed E-state index contributed by atoms with van der Waals surface area (Å²) in [4.78, 5) is 31.5. The third kappa shape index (κ3) is 8.10. The molecule has 1 unspecified atom stereocenters. The maximum absolute atomic E-state index is 12.8. The minimum Gasteiger partial charge on any atom is -0.357 e. The van der Waals surface area contributed by atoms with Crippen molar-refractivity contribution in [3.8, 4) is 0 Å². The number of aliphatic imine (C=N–C) groups is 1. The quantitative estimate of drug-likeness (QED) is 0.201. The number of benzene rings is 1. The summed E-state index contributed by atoms with van der Waals surface area (Å²) in [5.41, 5.74) is 0.576. The predicted octanol–water partition coefficient (Wildman–Crippen LogP) is 3.42. The molecule has 1 aromatic rings. The molecule has 2 amide bonds. The molecule has 0 bridgehead atoms. The van der Waals surface area contributed by atoms with Gasteiger partial charge in [0.2, 0.25) is 5.91 Å². The molecule has 1 aliphatic heterocycles. The maximum atomic E-state index is 12.8. The van der Waals surface area contributed by atoms with Crippen molar-refractivity contribution in [1.82, 2.24) is 20.9 Å². The molecule has 7 nitrogen and oxygen atoms in total. The second-order valence-corrected chi connectivity index (χ2v) is 8.71. The summed E-state index contributed by atoms with van der Waals surface area (Å²) < 4.78 is 0. The van der Waals surface area contributed by atoms with E-state index in [4.69, 9.17) is 11.6 Å². The van der Waals surface area contributed by atoms with Gasteiger partial charge in [-0.1, -0.05) is 30.9 Å². The van der Waals surface area contributed by atoms with Gasteiger partial charge in [0.25, 0.3) is 5.91 Å². The lowest BCUT2D eigenvalue weighted by atomic mass is 9.88. The van der Waals surface area contributed by atoms with Gasteiger partial charge in [-0.05, 0) is 50.5 Å². The van der Waals surface area contributed by atoms with Crippen molar-refractivity contribution in [3.05, 3.63) is 34.9 Å². The molecule has 32 heavy (non-hydrogen) atoms. The van der Waals surface area contributed by atoms with Gasteiger partial charge >= 0.3 is 0 Å². The van der Waals surface area contributed by atoms with E-state index >= 15 is 0 Å². The van der Waals surface area contributed by atoms with Crippen LogP contribution in [0.2, 0.25) is 5.02 Å². The van der Waals surface area contributed by atoms with E-state index in [0.29, 0.717) is 29.6 Å². The third-order valence-corrected chi connectivity index (χ3v) is 6.17. The molecule has 1 saturated carbocycles. The van der Waals surface area contributed by atoms with Gasteiger partial charge in [-0.25, -0.2) is 0 Å². The average molecular weight is 576 g/mol. The van der Waals surface area contributed by atoms with E-state index in [-0.39, 0.29) is 41.8 Å². The SMILES string of the molecule is CCNC(=NCCNC(=O)c1ccc(Cl)cc1)NC1CCN(C(=O)C2CCCCC2)C1.I. The van der Waals surface area contributed by atoms with Gasteiger partial charge in [0, 0.05) is 48.7 Å². The van der Waals surface area contributed by atoms with Gasteiger partial charge in [0.05, 0.1) is 6.54 Å². The Morgan fingerprint density at radius 2 is 1.81 bits per heavy atom. The largest absolute Gasteiger partial charge is 0.357 e. The highest BCUT2D eigenvalue weighted by Gasteiger charge is 2.31. The summed E-state index contributed by atoms with van der Waals surface area (Å²) in [7, 11) is 0. The van der Waals surface area contributed by atoms with Crippen LogP contribution >= 0.6 is 35.6 Å². The number of amides is 2. The van der Waals surface area contributed by atoms with Crippen molar-refractivity contribution in [1.29, 1.82) is 0 Å². The van der Waals surface area contributed by atoms with E-state index in [1.807, 2.05) is 11.8 Å². The van der Waals surface area contributed by atoms with Crippen molar-refractivity contribution >= 4 is 53.4 Å². The Kier molecular flexibility index (Phi) is 11.6. The van der Waals surface area contributed by atoms with E-state index in [9.17, 15) is 9.59 Å². The third-order valence-electron chi connectivity index (χ3n) is 5.91. The molecule has 2 fully saturated rings. The zero-order valence-electron chi connectivity index (χ0n) is 18.7. The molecule has 178 valence electrons. The van der Waals surface area contributed by atoms with Crippen LogP contribution in [0.15, 0.2) is 29.3 Å². The zero-order chi connectivity index (χ0) is 22.1. The highest BCUT2D eigenvalue weighted by molar-refractivity contribution is 14.0. The van der Waals surface area contributed by atoms with Gasteiger partial charge in [-0.15, -0.1) is 24.0 Å². The van der Waals surface area contributed by atoms with E-state index in [2.05, 4.69) is 20.9 Å². The molecule has 2 aliphatic rings. The fraction of sp³-hybridized carbons (Fsp3) is 0.609. The highest BCUT2D eigenvalue weighted by atomic mass is 127. The van der Waals surface area contributed by atoms with Crippen LogP contribution in [0.4, 0.5) is 0 Å². The molecule has 1 atom stereocenters. The van der Waals surface area contributed by atoms with Crippen LogP contribution in [-0.4, -0.2) is 61.4 Å². The summed E-state index contributed by atoms with van der Waals surface area (Å²) >= 11 is 5.86. The first kappa shape index (κ1) is 26.7. The summed E-state index contributed by atoms with van der Waals surface area (Å²) in [5, 5.41) is 10.2. The number of hydrogen-bond acceptors (Lipinski definition) is 3.